The third-order valence-corrected chi connectivity index (χ3v) is 4.95. The Morgan fingerprint density at radius 3 is 2.67 bits per heavy atom. The zero-order valence-corrected chi connectivity index (χ0v) is 15.9. The highest BCUT2D eigenvalue weighted by Gasteiger charge is 2.18. The number of H-pyrrole nitrogens is 1. The highest BCUT2D eigenvalue weighted by molar-refractivity contribution is 7.98. The van der Waals surface area contributed by atoms with Crippen LogP contribution in [0.2, 0.25) is 0 Å². The maximum atomic E-state index is 12.6. The monoisotopic (exact) mass is 382 g/mol. The van der Waals surface area contributed by atoms with Crippen molar-refractivity contribution in [1.29, 1.82) is 0 Å². The van der Waals surface area contributed by atoms with E-state index in [1.165, 1.54) is 11.8 Å². The predicted octanol–water partition coefficient (Wildman–Crippen LogP) is 2.30. The molecule has 1 aromatic carbocycles. The number of thioether (sulfide) groups is 1. The van der Waals surface area contributed by atoms with E-state index in [2.05, 4.69) is 15.1 Å². The van der Waals surface area contributed by atoms with E-state index in [0.717, 1.165) is 16.8 Å². The molecule has 4 rings (SSSR count). The number of aryl methyl sites for hydroxylation is 1. The van der Waals surface area contributed by atoms with Gasteiger partial charge in [-0.15, -0.1) is 16.9 Å². The number of rotatable bonds is 5. The second-order valence-electron chi connectivity index (χ2n) is 5.95. The van der Waals surface area contributed by atoms with Crippen molar-refractivity contribution in [3.8, 4) is 17.4 Å². The summed E-state index contributed by atoms with van der Waals surface area (Å²) in [6.45, 7) is 0.400. The van der Waals surface area contributed by atoms with Crippen LogP contribution in [0.25, 0.3) is 22.7 Å². The van der Waals surface area contributed by atoms with Crippen LogP contribution in [0.1, 0.15) is 5.56 Å². The topological polar surface area (TPSA) is 90.6 Å². The Morgan fingerprint density at radius 1 is 1.22 bits per heavy atom. The Hall–Kier alpha value is -3.07. The first-order valence-electron chi connectivity index (χ1n) is 8.27. The van der Waals surface area contributed by atoms with Gasteiger partial charge < -0.3 is 9.72 Å². The molecule has 0 aliphatic rings. The highest BCUT2D eigenvalue weighted by Crippen LogP contribution is 2.27. The number of hydrogen-bond donors (Lipinski definition) is 1. The number of aromatic amines is 1. The average molecular weight is 382 g/mol. The molecule has 0 saturated heterocycles. The molecule has 0 spiro atoms. The predicted molar refractivity (Wildman–Crippen MR) is 104 cm³/mol. The van der Waals surface area contributed by atoms with E-state index in [4.69, 9.17) is 9.72 Å². The SMILES string of the molecule is COc1cc(-c2nc3c([nH]2)c(SC)nc(=O)n3Cc2ccccc2)n(C)n1. The van der Waals surface area contributed by atoms with Crippen molar-refractivity contribution in [2.75, 3.05) is 13.4 Å². The second kappa shape index (κ2) is 6.92. The summed E-state index contributed by atoms with van der Waals surface area (Å²) >= 11 is 1.41. The molecule has 138 valence electrons. The Kier molecular flexibility index (Phi) is 4.44. The molecule has 0 unspecified atom stereocenters. The van der Waals surface area contributed by atoms with E-state index in [1.54, 1.807) is 22.4 Å². The lowest BCUT2D eigenvalue weighted by molar-refractivity contribution is 0.392. The molecule has 1 N–H and O–H groups in total. The number of imidazole rings is 1. The molecule has 9 heteroatoms. The zero-order valence-electron chi connectivity index (χ0n) is 15.1. The fourth-order valence-corrected chi connectivity index (χ4v) is 3.46. The largest absolute Gasteiger partial charge is 0.480 e. The summed E-state index contributed by atoms with van der Waals surface area (Å²) < 4.78 is 8.46. The number of ether oxygens (including phenoxy) is 1. The minimum atomic E-state index is -0.323. The first kappa shape index (κ1) is 17.3. The molecular weight excluding hydrogens is 364 g/mol. The van der Waals surface area contributed by atoms with E-state index in [9.17, 15) is 4.79 Å². The lowest BCUT2D eigenvalue weighted by atomic mass is 10.2. The standard InChI is InChI=1S/C18H18N6O2S/c1-23-12(9-13(22-23)26-2)15-19-14-16(20-15)24(18(25)21-17(14)27-3)10-11-7-5-4-6-8-11/h4-9H,10H2,1-3H3,(H,19,20). The van der Waals surface area contributed by atoms with Gasteiger partial charge in [-0.1, -0.05) is 30.3 Å². The van der Waals surface area contributed by atoms with E-state index in [0.29, 0.717) is 28.9 Å². The molecule has 0 aliphatic heterocycles. The van der Waals surface area contributed by atoms with Crippen LogP contribution in [0.4, 0.5) is 0 Å². The van der Waals surface area contributed by atoms with Crippen molar-refractivity contribution in [3.63, 3.8) is 0 Å². The molecule has 3 heterocycles. The minimum absolute atomic E-state index is 0.323. The van der Waals surface area contributed by atoms with Gasteiger partial charge in [-0.2, -0.15) is 4.98 Å². The van der Waals surface area contributed by atoms with Crippen LogP contribution < -0.4 is 10.4 Å². The summed E-state index contributed by atoms with van der Waals surface area (Å²) in [7, 11) is 3.38. The molecule has 3 aromatic heterocycles. The van der Waals surface area contributed by atoms with Gasteiger partial charge in [-0.3, -0.25) is 9.25 Å². The van der Waals surface area contributed by atoms with Gasteiger partial charge in [0.25, 0.3) is 0 Å². The molecule has 0 saturated carbocycles. The van der Waals surface area contributed by atoms with Gasteiger partial charge in [0.05, 0.1) is 13.7 Å². The Balaban J connectivity index is 1.91. The summed E-state index contributed by atoms with van der Waals surface area (Å²) in [5.41, 5.74) is 2.74. The van der Waals surface area contributed by atoms with Crippen molar-refractivity contribution >= 4 is 22.9 Å². The number of nitrogens with zero attached hydrogens (tertiary/aromatic N) is 5. The fraction of sp³-hybridized carbons (Fsp3) is 0.222. The van der Waals surface area contributed by atoms with Crippen LogP contribution in [0, 0.1) is 0 Å². The summed E-state index contributed by atoms with van der Waals surface area (Å²) in [6, 6.07) is 11.6. The lowest BCUT2D eigenvalue weighted by Crippen LogP contribution is -2.24. The van der Waals surface area contributed by atoms with E-state index in [1.807, 2.05) is 43.6 Å². The Labute approximate surface area is 159 Å². The second-order valence-corrected chi connectivity index (χ2v) is 6.75. The molecule has 0 fully saturated rings. The molecule has 0 aliphatic carbocycles. The normalized spacial score (nSPS) is 11.2. The Morgan fingerprint density at radius 2 is 2.00 bits per heavy atom. The van der Waals surface area contributed by atoms with E-state index < -0.39 is 0 Å². The summed E-state index contributed by atoms with van der Waals surface area (Å²) in [5, 5.41) is 4.89. The molecular formula is C18H18N6O2S. The van der Waals surface area contributed by atoms with Crippen molar-refractivity contribution in [1.82, 2.24) is 29.3 Å². The Bertz CT molecular complexity index is 1160. The third kappa shape index (κ3) is 3.10. The van der Waals surface area contributed by atoms with Gasteiger partial charge in [-0.05, 0) is 11.8 Å². The maximum Gasteiger partial charge on any atom is 0.350 e. The summed E-state index contributed by atoms with van der Waals surface area (Å²) in [5.74, 6) is 1.10. The van der Waals surface area contributed by atoms with E-state index >= 15 is 0 Å². The van der Waals surface area contributed by atoms with E-state index in [-0.39, 0.29) is 5.69 Å². The van der Waals surface area contributed by atoms with Crippen molar-refractivity contribution in [2.45, 2.75) is 11.6 Å². The van der Waals surface area contributed by atoms with Gasteiger partial charge in [-0.25, -0.2) is 9.78 Å². The maximum absolute atomic E-state index is 12.6. The zero-order chi connectivity index (χ0) is 19.0. The number of benzene rings is 1. The molecule has 0 atom stereocenters. The molecule has 27 heavy (non-hydrogen) atoms. The van der Waals surface area contributed by atoms with Crippen LogP contribution in [0.3, 0.4) is 0 Å². The first-order chi connectivity index (χ1) is 13.1. The van der Waals surface area contributed by atoms with Crippen LogP contribution in [0.15, 0.2) is 46.2 Å². The molecule has 0 amide bonds. The van der Waals surface area contributed by atoms with Gasteiger partial charge in [0.1, 0.15) is 16.2 Å². The lowest BCUT2D eigenvalue weighted by Gasteiger charge is -2.07. The fourth-order valence-electron chi connectivity index (χ4n) is 2.94. The quantitative estimate of drug-likeness (QED) is 0.421. The van der Waals surface area contributed by atoms with Gasteiger partial charge >= 0.3 is 5.69 Å². The summed E-state index contributed by atoms with van der Waals surface area (Å²) in [4.78, 5) is 24.8. The molecule has 0 radical (unpaired) electrons. The van der Waals surface area contributed by atoms with Crippen molar-refractivity contribution in [2.24, 2.45) is 7.05 Å². The first-order valence-corrected chi connectivity index (χ1v) is 9.50. The number of methoxy groups -OCH3 is 1. The number of aromatic nitrogens is 6. The van der Waals surface area contributed by atoms with Crippen molar-refractivity contribution < 1.29 is 4.74 Å². The van der Waals surface area contributed by atoms with Gasteiger partial charge in [0.2, 0.25) is 5.88 Å². The number of fused-ring (bicyclic) bond motifs is 1. The van der Waals surface area contributed by atoms with Crippen LogP contribution in [0.5, 0.6) is 5.88 Å². The van der Waals surface area contributed by atoms with Crippen LogP contribution in [-0.4, -0.2) is 42.7 Å². The molecule has 0 bridgehead atoms. The number of nitrogens with one attached hydrogen (secondary N) is 1. The van der Waals surface area contributed by atoms with Gasteiger partial charge in [0, 0.05) is 13.1 Å². The highest BCUT2D eigenvalue weighted by atomic mass is 32.2. The number of hydrogen-bond acceptors (Lipinski definition) is 6. The van der Waals surface area contributed by atoms with Crippen LogP contribution >= 0.6 is 11.8 Å². The van der Waals surface area contributed by atoms with Crippen LogP contribution in [-0.2, 0) is 13.6 Å². The third-order valence-electron chi connectivity index (χ3n) is 4.27. The summed E-state index contributed by atoms with van der Waals surface area (Å²) in [6.07, 6.45) is 1.89. The molecule has 8 nitrogen and oxygen atoms in total. The molecule has 4 aromatic rings. The van der Waals surface area contributed by atoms with Crippen molar-refractivity contribution in [3.05, 3.63) is 52.4 Å². The smallest absolute Gasteiger partial charge is 0.350 e. The van der Waals surface area contributed by atoms with Gasteiger partial charge in [0.15, 0.2) is 11.5 Å². The minimum Gasteiger partial charge on any atom is -0.480 e. The average Bonchev–Trinajstić information content (AvgIpc) is 3.28.